The van der Waals surface area contributed by atoms with Crippen molar-refractivity contribution in [3.05, 3.63) is 53.3 Å². The third kappa shape index (κ3) is 2.40. The van der Waals surface area contributed by atoms with Crippen molar-refractivity contribution in [2.24, 2.45) is 7.05 Å². The fraction of sp³-hybridized carbons (Fsp3) is 0.267. The molecule has 1 aliphatic heterocycles. The highest BCUT2D eigenvalue weighted by atomic mass is 16.4. The van der Waals surface area contributed by atoms with E-state index in [1.807, 2.05) is 24.3 Å². The van der Waals surface area contributed by atoms with Gasteiger partial charge in [0.25, 0.3) is 5.91 Å². The van der Waals surface area contributed by atoms with Gasteiger partial charge < -0.3 is 10.0 Å². The minimum absolute atomic E-state index is 0.267. The van der Waals surface area contributed by atoms with Crippen LogP contribution in [0.25, 0.3) is 0 Å². The quantitative estimate of drug-likeness (QED) is 0.895. The van der Waals surface area contributed by atoms with Crippen LogP contribution in [0.15, 0.2) is 36.5 Å². The van der Waals surface area contributed by atoms with Crippen LogP contribution in [0, 0.1) is 0 Å². The average Bonchev–Trinajstić information content (AvgIpc) is 2.91. The van der Waals surface area contributed by atoms with Crippen LogP contribution < -0.4 is 0 Å². The van der Waals surface area contributed by atoms with Gasteiger partial charge in [-0.25, -0.2) is 4.79 Å². The van der Waals surface area contributed by atoms with Crippen molar-refractivity contribution in [3.8, 4) is 0 Å². The number of carbonyl (C=O) groups excluding carboxylic acids is 1. The molecule has 1 aliphatic rings. The van der Waals surface area contributed by atoms with Gasteiger partial charge in [0.1, 0.15) is 11.7 Å². The van der Waals surface area contributed by atoms with Gasteiger partial charge in [-0.05, 0) is 17.2 Å². The number of fused-ring (bicyclic) bond motifs is 1. The number of rotatable bonds is 2. The first kappa shape index (κ1) is 13.4. The summed E-state index contributed by atoms with van der Waals surface area (Å²) in [5.41, 5.74) is 2.23. The first-order chi connectivity index (χ1) is 10.1. The molecule has 0 fully saturated rings. The van der Waals surface area contributed by atoms with Crippen LogP contribution in [0.2, 0.25) is 0 Å². The average molecular weight is 285 g/mol. The molecule has 0 saturated carbocycles. The Morgan fingerprint density at radius 2 is 1.95 bits per heavy atom. The molecule has 0 aliphatic carbocycles. The molecule has 0 saturated heterocycles. The fourth-order valence-electron chi connectivity index (χ4n) is 2.63. The minimum atomic E-state index is -0.992. The number of carbonyl (C=O) groups is 2. The SMILES string of the molecule is Cn1ccc(C(=O)N2Cc3ccccc3C[C@H]2C(=O)O)n1. The minimum Gasteiger partial charge on any atom is -0.480 e. The van der Waals surface area contributed by atoms with Crippen molar-refractivity contribution in [1.82, 2.24) is 14.7 Å². The van der Waals surface area contributed by atoms with Gasteiger partial charge in [-0.3, -0.25) is 9.48 Å². The number of aromatic nitrogens is 2. The van der Waals surface area contributed by atoms with Crippen LogP contribution in [0.1, 0.15) is 21.6 Å². The number of carboxylic acid groups (broad SMARTS) is 1. The highest BCUT2D eigenvalue weighted by Gasteiger charge is 2.35. The van der Waals surface area contributed by atoms with Gasteiger partial charge >= 0.3 is 5.97 Å². The molecule has 0 bridgehead atoms. The predicted octanol–water partition coefficient (Wildman–Crippen LogP) is 1.07. The zero-order chi connectivity index (χ0) is 15.0. The smallest absolute Gasteiger partial charge is 0.326 e. The lowest BCUT2D eigenvalue weighted by atomic mass is 9.93. The molecule has 0 unspecified atom stereocenters. The molecule has 1 aromatic heterocycles. The summed E-state index contributed by atoms with van der Waals surface area (Å²) in [6.07, 6.45) is 1.99. The molecule has 3 rings (SSSR count). The van der Waals surface area contributed by atoms with Gasteiger partial charge in [0.05, 0.1) is 0 Å². The van der Waals surface area contributed by atoms with E-state index in [1.54, 1.807) is 19.3 Å². The second kappa shape index (κ2) is 5.05. The first-order valence-corrected chi connectivity index (χ1v) is 6.66. The Balaban J connectivity index is 1.96. The number of hydrogen-bond donors (Lipinski definition) is 1. The summed E-state index contributed by atoms with van der Waals surface area (Å²) < 4.78 is 1.53. The van der Waals surface area contributed by atoms with Crippen LogP contribution >= 0.6 is 0 Å². The second-order valence-corrected chi connectivity index (χ2v) is 5.13. The van der Waals surface area contributed by atoms with E-state index in [4.69, 9.17) is 0 Å². The molecule has 1 aromatic carbocycles. The lowest BCUT2D eigenvalue weighted by Crippen LogP contribution is -2.48. The zero-order valence-corrected chi connectivity index (χ0v) is 11.6. The van der Waals surface area contributed by atoms with Crippen LogP contribution in [0.4, 0.5) is 0 Å². The molecule has 1 amide bonds. The largest absolute Gasteiger partial charge is 0.480 e. The van der Waals surface area contributed by atoms with Gasteiger partial charge in [0.15, 0.2) is 0 Å². The molecule has 108 valence electrons. The van der Waals surface area contributed by atoms with Crippen molar-refractivity contribution in [1.29, 1.82) is 0 Å². The number of aryl methyl sites for hydroxylation is 1. The van der Waals surface area contributed by atoms with Crippen LogP contribution in [0.3, 0.4) is 0 Å². The molecule has 2 aromatic rings. The number of benzene rings is 1. The van der Waals surface area contributed by atoms with Crippen molar-refractivity contribution < 1.29 is 14.7 Å². The summed E-state index contributed by atoms with van der Waals surface area (Å²) in [5, 5.41) is 13.5. The molecule has 6 nitrogen and oxygen atoms in total. The van der Waals surface area contributed by atoms with Crippen molar-refractivity contribution in [3.63, 3.8) is 0 Å². The number of aliphatic carboxylic acids is 1. The van der Waals surface area contributed by atoms with E-state index in [0.717, 1.165) is 11.1 Å². The number of amides is 1. The van der Waals surface area contributed by atoms with Crippen molar-refractivity contribution in [2.45, 2.75) is 19.0 Å². The van der Waals surface area contributed by atoms with Crippen LogP contribution in [-0.2, 0) is 24.8 Å². The molecule has 0 radical (unpaired) electrons. The van der Waals surface area contributed by atoms with Crippen molar-refractivity contribution in [2.75, 3.05) is 0 Å². The molecular weight excluding hydrogens is 270 g/mol. The fourth-order valence-corrected chi connectivity index (χ4v) is 2.63. The molecule has 2 heterocycles. The maximum Gasteiger partial charge on any atom is 0.326 e. The third-order valence-corrected chi connectivity index (χ3v) is 3.73. The summed E-state index contributed by atoms with van der Waals surface area (Å²) in [7, 11) is 1.72. The maximum absolute atomic E-state index is 12.5. The van der Waals surface area contributed by atoms with E-state index in [-0.39, 0.29) is 11.6 Å². The Bertz CT molecular complexity index is 708. The Kier molecular flexibility index (Phi) is 3.21. The lowest BCUT2D eigenvalue weighted by molar-refractivity contribution is -0.142. The highest BCUT2D eigenvalue weighted by molar-refractivity contribution is 5.95. The van der Waals surface area contributed by atoms with Gasteiger partial charge in [-0.1, -0.05) is 24.3 Å². The van der Waals surface area contributed by atoms with Gasteiger partial charge in [0, 0.05) is 26.2 Å². The normalized spacial score (nSPS) is 17.4. The van der Waals surface area contributed by atoms with E-state index in [0.29, 0.717) is 13.0 Å². The van der Waals surface area contributed by atoms with E-state index in [9.17, 15) is 14.7 Å². The number of nitrogens with zero attached hydrogens (tertiary/aromatic N) is 3. The molecule has 1 N–H and O–H groups in total. The lowest BCUT2D eigenvalue weighted by Gasteiger charge is -2.34. The van der Waals surface area contributed by atoms with Crippen LogP contribution in [-0.4, -0.2) is 37.7 Å². The second-order valence-electron chi connectivity index (χ2n) is 5.13. The summed E-state index contributed by atoms with van der Waals surface area (Å²) >= 11 is 0. The Labute approximate surface area is 121 Å². The third-order valence-electron chi connectivity index (χ3n) is 3.73. The van der Waals surface area contributed by atoms with E-state index < -0.39 is 12.0 Å². The summed E-state index contributed by atoms with van der Waals surface area (Å²) in [5.74, 6) is -1.34. The standard InChI is InChI=1S/C15H15N3O3/c1-17-7-6-12(16-17)14(19)18-9-11-5-3-2-4-10(11)8-13(18)15(20)21/h2-7,13H,8-9H2,1H3,(H,20,21)/t13-/m0/s1. The molecule has 21 heavy (non-hydrogen) atoms. The molecule has 1 atom stereocenters. The van der Waals surface area contributed by atoms with Crippen LogP contribution in [0.5, 0.6) is 0 Å². The Morgan fingerprint density at radius 1 is 1.24 bits per heavy atom. The van der Waals surface area contributed by atoms with Crippen molar-refractivity contribution >= 4 is 11.9 Å². The highest BCUT2D eigenvalue weighted by Crippen LogP contribution is 2.24. The summed E-state index contributed by atoms with van der Waals surface area (Å²) in [4.78, 5) is 25.4. The number of carboxylic acids is 1. The van der Waals surface area contributed by atoms with Gasteiger partial charge in [-0.2, -0.15) is 5.10 Å². The first-order valence-electron chi connectivity index (χ1n) is 6.66. The Morgan fingerprint density at radius 3 is 2.57 bits per heavy atom. The van der Waals surface area contributed by atoms with E-state index in [1.165, 1.54) is 9.58 Å². The summed E-state index contributed by atoms with van der Waals surface area (Å²) in [6.45, 7) is 0.294. The summed E-state index contributed by atoms with van der Waals surface area (Å²) in [6, 6.07) is 8.35. The predicted molar refractivity (Wildman–Crippen MR) is 74.7 cm³/mol. The molecule has 0 spiro atoms. The van der Waals surface area contributed by atoms with Gasteiger partial charge in [-0.15, -0.1) is 0 Å². The topological polar surface area (TPSA) is 75.4 Å². The van der Waals surface area contributed by atoms with E-state index >= 15 is 0 Å². The van der Waals surface area contributed by atoms with Gasteiger partial charge in [0.2, 0.25) is 0 Å². The molecular formula is C15H15N3O3. The van der Waals surface area contributed by atoms with E-state index in [2.05, 4.69) is 5.10 Å². The monoisotopic (exact) mass is 285 g/mol. The zero-order valence-electron chi connectivity index (χ0n) is 11.6. The molecule has 6 heteroatoms. The maximum atomic E-state index is 12.5. The Hall–Kier alpha value is -2.63. The number of hydrogen-bond acceptors (Lipinski definition) is 3.